The number of ether oxygens (including phenoxy) is 2. The highest BCUT2D eigenvalue weighted by Gasteiger charge is 2.34. The summed E-state index contributed by atoms with van der Waals surface area (Å²) in [6, 6.07) is 14.6. The molecule has 8 heteroatoms. The fourth-order valence-electron chi connectivity index (χ4n) is 5.24. The lowest BCUT2D eigenvalue weighted by Gasteiger charge is -2.43. The van der Waals surface area contributed by atoms with Gasteiger partial charge >= 0.3 is 0 Å². The fourth-order valence-corrected chi connectivity index (χ4v) is 5.24. The number of hydrogen-bond donors (Lipinski definition) is 1. The van der Waals surface area contributed by atoms with Gasteiger partial charge in [-0.1, -0.05) is 6.07 Å². The number of nitrogens with zero attached hydrogens (tertiary/aromatic N) is 3. The zero-order chi connectivity index (χ0) is 23.1. The first-order valence-electron chi connectivity index (χ1n) is 11.8. The molecule has 5 heterocycles. The predicted octanol–water partition coefficient (Wildman–Crippen LogP) is 3.28. The number of carbonyl (C=O) groups is 1. The van der Waals surface area contributed by atoms with Crippen molar-refractivity contribution in [1.82, 2.24) is 9.55 Å². The molecule has 0 unspecified atom stereocenters. The number of rotatable bonds is 3. The third kappa shape index (κ3) is 3.89. The van der Waals surface area contributed by atoms with Crippen LogP contribution in [0.3, 0.4) is 0 Å². The lowest BCUT2D eigenvalue weighted by Crippen LogP contribution is -2.47. The summed E-state index contributed by atoms with van der Waals surface area (Å²) in [5, 5.41) is 2.92. The van der Waals surface area contributed by atoms with Gasteiger partial charge in [0, 0.05) is 49.3 Å². The van der Waals surface area contributed by atoms with E-state index in [0.717, 1.165) is 44.0 Å². The second-order valence-corrected chi connectivity index (χ2v) is 9.17. The number of fused-ring (bicyclic) bond motifs is 5. The molecule has 1 saturated heterocycles. The molecular formula is C26H26N4O4. The Bertz CT molecular complexity index is 1290. The minimum atomic E-state index is -0.222. The fraction of sp³-hybridized carbons (Fsp3) is 0.346. The van der Waals surface area contributed by atoms with E-state index in [1.54, 1.807) is 30.5 Å². The van der Waals surface area contributed by atoms with Gasteiger partial charge in [0.1, 0.15) is 5.82 Å². The third-order valence-electron chi connectivity index (χ3n) is 6.82. The molecule has 8 nitrogen and oxygen atoms in total. The number of carbonyl (C=O) groups excluding carboxylic acids is 1. The maximum atomic E-state index is 12.8. The smallest absolute Gasteiger partial charge is 0.255 e. The quantitative estimate of drug-likeness (QED) is 0.648. The summed E-state index contributed by atoms with van der Waals surface area (Å²) < 4.78 is 13.3. The van der Waals surface area contributed by atoms with Crippen molar-refractivity contribution in [2.45, 2.75) is 25.3 Å². The summed E-state index contributed by atoms with van der Waals surface area (Å²) in [4.78, 5) is 31.9. The van der Waals surface area contributed by atoms with Crippen molar-refractivity contribution in [3.63, 3.8) is 0 Å². The molecule has 1 fully saturated rings. The molecule has 2 aromatic heterocycles. The minimum Gasteiger partial charge on any atom is -0.490 e. The van der Waals surface area contributed by atoms with Crippen molar-refractivity contribution in [2.24, 2.45) is 5.92 Å². The highest BCUT2D eigenvalue weighted by atomic mass is 16.5. The summed E-state index contributed by atoms with van der Waals surface area (Å²) in [7, 11) is 0. The van der Waals surface area contributed by atoms with Crippen LogP contribution in [-0.2, 0) is 6.54 Å². The Kier molecular flexibility index (Phi) is 5.20. The number of amides is 1. The molecule has 2 atom stereocenters. The Morgan fingerprint density at radius 1 is 1.00 bits per heavy atom. The molecule has 3 aliphatic rings. The Labute approximate surface area is 197 Å². The summed E-state index contributed by atoms with van der Waals surface area (Å²) in [5.74, 6) is 2.67. The molecule has 174 valence electrons. The third-order valence-corrected chi connectivity index (χ3v) is 6.82. The van der Waals surface area contributed by atoms with Crippen LogP contribution in [0.1, 0.15) is 34.8 Å². The molecule has 0 spiro atoms. The second kappa shape index (κ2) is 8.52. The number of piperidine rings is 1. The van der Waals surface area contributed by atoms with Crippen LogP contribution in [0, 0.1) is 5.92 Å². The first kappa shape index (κ1) is 20.8. The average Bonchev–Trinajstić information content (AvgIpc) is 3.10. The van der Waals surface area contributed by atoms with Gasteiger partial charge in [-0.25, -0.2) is 4.98 Å². The van der Waals surface area contributed by atoms with E-state index in [4.69, 9.17) is 9.47 Å². The molecule has 0 radical (unpaired) electrons. The number of pyridine rings is 2. The van der Waals surface area contributed by atoms with E-state index in [0.29, 0.717) is 47.8 Å². The van der Waals surface area contributed by atoms with E-state index in [-0.39, 0.29) is 11.5 Å². The van der Waals surface area contributed by atoms with Gasteiger partial charge < -0.3 is 24.3 Å². The van der Waals surface area contributed by atoms with Crippen molar-refractivity contribution in [3.8, 4) is 11.5 Å². The van der Waals surface area contributed by atoms with Crippen LogP contribution in [0.25, 0.3) is 0 Å². The molecule has 3 aliphatic heterocycles. The van der Waals surface area contributed by atoms with Gasteiger partial charge in [0.25, 0.3) is 11.5 Å². The first-order chi connectivity index (χ1) is 16.6. The van der Waals surface area contributed by atoms with Crippen molar-refractivity contribution in [1.29, 1.82) is 0 Å². The van der Waals surface area contributed by atoms with Crippen molar-refractivity contribution < 1.29 is 14.3 Å². The van der Waals surface area contributed by atoms with Crippen LogP contribution < -0.4 is 25.2 Å². The van der Waals surface area contributed by atoms with Gasteiger partial charge in [0.2, 0.25) is 0 Å². The van der Waals surface area contributed by atoms with Crippen LogP contribution in [0.15, 0.2) is 59.5 Å². The average molecular weight is 459 g/mol. The lowest BCUT2D eigenvalue weighted by molar-refractivity contribution is 0.102. The molecule has 1 N–H and O–H groups in total. The predicted molar refractivity (Wildman–Crippen MR) is 128 cm³/mol. The first-order valence-corrected chi connectivity index (χ1v) is 11.8. The largest absolute Gasteiger partial charge is 0.490 e. The van der Waals surface area contributed by atoms with Gasteiger partial charge in [0.05, 0.1) is 25.1 Å². The lowest BCUT2D eigenvalue weighted by atomic mass is 9.83. The van der Waals surface area contributed by atoms with E-state index in [1.807, 2.05) is 22.8 Å². The number of nitrogens with one attached hydrogen (secondary N) is 1. The van der Waals surface area contributed by atoms with Crippen LogP contribution >= 0.6 is 0 Å². The Morgan fingerprint density at radius 3 is 2.74 bits per heavy atom. The number of hydrogen-bond acceptors (Lipinski definition) is 6. The molecule has 0 aliphatic carbocycles. The zero-order valence-corrected chi connectivity index (χ0v) is 18.8. The Balaban J connectivity index is 1.15. The highest BCUT2D eigenvalue weighted by molar-refractivity contribution is 6.04. The normalized spacial score (nSPS) is 20.8. The summed E-state index contributed by atoms with van der Waals surface area (Å²) in [6.07, 6.45) is 3.61. The summed E-state index contributed by atoms with van der Waals surface area (Å²) in [6.45, 7) is 3.64. The number of benzene rings is 1. The number of aromatic nitrogens is 2. The monoisotopic (exact) mass is 458 g/mol. The van der Waals surface area contributed by atoms with Crippen LogP contribution in [0.2, 0.25) is 0 Å². The molecule has 2 bridgehead atoms. The molecule has 1 amide bonds. The molecule has 3 aromatic rings. The summed E-state index contributed by atoms with van der Waals surface area (Å²) >= 11 is 0. The van der Waals surface area contributed by atoms with E-state index < -0.39 is 0 Å². The molecule has 0 saturated carbocycles. The van der Waals surface area contributed by atoms with Gasteiger partial charge in [-0.3, -0.25) is 9.59 Å². The SMILES string of the molecule is O=C(Nc1ccc(N2C[C@@H]3C[C@@H](C2)c2cccc(=O)n2C3)nc1)c1ccc2c(c1)OCCCO2. The molecular weight excluding hydrogens is 432 g/mol. The minimum absolute atomic E-state index is 0.0902. The van der Waals surface area contributed by atoms with Crippen LogP contribution in [0.4, 0.5) is 11.5 Å². The van der Waals surface area contributed by atoms with Crippen LogP contribution in [0.5, 0.6) is 11.5 Å². The van der Waals surface area contributed by atoms with Crippen LogP contribution in [-0.4, -0.2) is 41.8 Å². The topological polar surface area (TPSA) is 85.7 Å². The van der Waals surface area contributed by atoms with E-state index in [2.05, 4.69) is 21.3 Å². The van der Waals surface area contributed by atoms with Gasteiger partial charge in [0.15, 0.2) is 11.5 Å². The standard InChI is InChI=1S/C26H26N4O4/c31-25-4-1-3-21-19-11-17(15-30(21)25)14-29(16-19)24-8-6-20(13-27-24)28-26(32)18-5-7-22-23(12-18)34-10-2-9-33-22/h1,3-8,12-13,17,19H,2,9-11,14-16H2,(H,28,32)/t17-,19-/m0/s1. The van der Waals surface area contributed by atoms with E-state index in [9.17, 15) is 9.59 Å². The maximum Gasteiger partial charge on any atom is 0.255 e. The van der Waals surface area contributed by atoms with Gasteiger partial charge in [-0.05, 0) is 48.7 Å². The highest BCUT2D eigenvalue weighted by Crippen LogP contribution is 2.36. The van der Waals surface area contributed by atoms with E-state index >= 15 is 0 Å². The van der Waals surface area contributed by atoms with Crippen molar-refractivity contribution in [2.75, 3.05) is 36.5 Å². The summed E-state index contributed by atoms with van der Waals surface area (Å²) in [5.41, 5.74) is 2.35. The Morgan fingerprint density at radius 2 is 1.88 bits per heavy atom. The van der Waals surface area contributed by atoms with Gasteiger partial charge in [-0.2, -0.15) is 0 Å². The number of anilines is 2. The van der Waals surface area contributed by atoms with E-state index in [1.165, 1.54) is 0 Å². The maximum absolute atomic E-state index is 12.8. The van der Waals surface area contributed by atoms with Crippen molar-refractivity contribution in [3.05, 3.63) is 76.3 Å². The Hall–Kier alpha value is -3.81. The zero-order valence-electron chi connectivity index (χ0n) is 18.8. The molecule has 1 aromatic carbocycles. The van der Waals surface area contributed by atoms with Crippen molar-refractivity contribution >= 4 is 17.4 Å². The second-order valence-electron chi connectivity index (χ2n) is 9.17. The molecule has 34 heavy (non-hydrogen) atoms. The molecule has 6 rings (SSSR count). The van der Waals surface area contributed by atoms with Gasteiger partial charge in [-0.15, -0.1) is 0 Å².